The molecule has 6 heteroatoms. The first-order valence-corrected chi connectivity index (χ1v) is 10.0. The van der Waals surface area contributed by atoms with Crippen LogP contribution in [0.4, 0.5) is 0 Å². The molecule has 2 heterocycles. The van der Waals surface area contributed by atoms with E-state index in [1.165, 1.54) is 18.2 Å². The van der Waals surface area contributed by atoms with Crippen LogP contribution in [-0.2, 0) is 22.3 Å². The summed E-state index contributed by atoms with van der Waals surface area (Å²) in [5, 5.41) is 30.6. The van der Waals surface area contributed by atoms with Gasteiger partial charge in [-0.3, -0.25) is 0 Å². The molecule has 2 aliphatic heterocycles. The lowest BCUT2D eigenvalue weighted by Gasteiger charge is -2.40. The maximum atomic E-state index is 10.5. The van der Waals surface area contributed by atoms with Crippen LogP contribution < -0.4 is 4.74 Å². The number of hydrogen-bond donors (Lipinski definition) is 3. The van der Waals surface area contributed by atoms with Gasteiger partial charge in [-0.15, -0.1) is 0 Å². The van der Waals surface area contributed by atoms with Crippen LogP contribution in [0.15, 0.2) is 36.4 Å². The van der Waals surface area contributed by atoms with Gasteiger partial charge in [0.15, 0.2) is 6.29 Å². The average molecular weight is 400 g/mol. The van der Waals surface area contributed by atoms with Gasteiger partial charge in [0.05, 0.1) is 6.61 Å². The third-order valence-corrected chi connectivity index (χ3v) is 5.87. The molecule has 156 valence electrons. The number of aliphatic hydroxyl groups excluding tert-OH is 3. The fourth-order valence-electron chi connectivity index (χ4n) is 4.12. The van der Waals surface area contributed by atoms with Gasteiger partial charge in [0, 0.05) is 7.11 Å². The molecule has 2 aliphatic rings. The van der Waals surface area contributed by atoms with Crippen LogP contribution in [0.25, 0.3) is 0 Å². The summed E-state index contributed by atoms with van der Waals surface area (Å²) in [6, 6.07) is 12.2. The summed E-state index contributed by atoms with van der Waals surface area (Å²) in [5.41, 5.74) is 5.44. The van der Waals surface area contributed by atoms with Crippen molar-refractivity contribution in [2.45, 2.75) is 56.9 Å². The Morgan fingerprint density at radius 3 is 2.66 bits per heavy atom. The summed E-state index contributed by atoms with van der Waals surface area (Å²) in [6.07, 6.45) is -2.85. The summed E-state index contributed by atoms with van der Waals surface area (Å²) in [4.78, 5) is 0. The minimum atomic E-state index is -1.34. The first-order valence-electron chi connectivity index (χ1n) is 10.0. The van der Waals surface area contributed by atoms with Gasteiger partial charge in [-0.25, -0.2) is 0 Å². The van der Waals surface area contributed by atoms with Crippen LogP contribution >= 0.6 is 0 Å². The third-order valence-electron chi connectivity index (χ3n) is 5.87. The normalized spacial score (nSPS) is 29.2. The number of rotatable bonds is 4. The Morgan fingerprint density at radius 1 is 1.03 bits per heavy atom. The second-order valence-corrected chi connectivity index (χ2v) is 7.89. The van der Waals surface area contributed by atoms with E-state index in [9.17, 15) is 15.3 Å². The van der Waals surface area contributed by atoms with Gasteiger partial charge in [0.1, 0.15) is 30.2 Å². The molecule has 0 unspecified atom stereocenters. The van der Waals surface area contributed by atoms with E-state index in [1.807, 2.05) is 24.3 Å². The van der Waals surface area contributed by atoms with Gasteiger partial charge in [-0.05, 0) is 60.1 Å². The highest BCUT2D eigenvalue weighted by molar-refractivity contribution is 5.42. The molecule has 2 aromatic rings. The van der Waals surface area contributed by atoms with E-state index < -0.39 is 30.7 Å². The van der Waals surface area contributed by atoms with Gasteiger partial charge in [0.2, 0.25) is 0 Å². The van der Waals surface area contributed by atoms with E-state index in [-0.39, 0.29) is 0 Å². The molecule has 0 amide bonds. The second kappa shape index (κ2) is 8.42. The topological polar surface area (TPSA) is 88.4 Å². The number of fused-ring (bicyclic) bond motifs is 1. The third kappa shape index (κ3) is 4.04. The molecule has 29 heavy (non-hydrogen) atoms. The minimum absolute atomic E-state index is 0.743. The highest BCUT2D eigenvalue weighted by atomic mass is 16.7. The van der Waals surface area contributed by atoms with E-state index in [0.717, 1.165) is 48.3 Å². The van der Waals surface area contributed by atoms with Gasteiger partial charge < -0.3 is 29.5 Å². The average Bonchev–Trinajstić information content (AvgIpc) is 2.74. The van der Waals surface area contributed by atoms with E-state index in [1.54, 1.807) is 0 Å². The lowest BCUT2D eigenvalue weighted by molar-refractivity contribution is -0.292. The number of benzene rings is 2. The molecule has 0 bridgehead atoms. The highest BCUT2D eigenvalue weighted by Crippen LogP contribution is 2.34. The maximum Gasteiger partial charge on any atom is 0.186 e. The summed E-state index contributed by atoms with van der Waals surface area (Å²) >= 11 is 0. The Kier molecular flexibility index (Phi) is 5.90. The lowest BCUT2D eigenvalue weighted by Crippen LogP contribution is -2.54. The van der Waals surface area contributed by atoms with Crippen molar-refractivity contribution in [3.8, 4) is 5.75 Å². The van der Waals surface area contributed by atoms with Gasteiger partial charge in [-0.2, -0.15) is 0 Å². The summed E-state index contributed by atoms with van der Waals surface area (Å²) in [5.74, 6) is 0.974. The van der Waals surface area contributed by atoms with Crippen LogP contribution in [-0.4, -0.2) is 53.6 Å². The SMILES string of the molecule is CO[C@H]1O[C@@H](c2ccc(C)c(Cc3ccc4c(c3)CCCO4)c2)[C@H](O)[C@@H](O)[C@@H]1O. The van der Waals surface area contributed by atoms with E-state index in [4.69, 9.17) is 14.2 Å². The van der Waals surface area contributed by atoms with E-state index >= 15 is 0 Å². The zero-order valence-corrected chi connectivity index (χ0v) is 16.7. The predicted octanol–water partition coefficient (Wildman–Crippen LogP) is 2.04. The fraction of sp³-hybridized carbons (Fsp3) is 0.478. The van der Waals surface area contributed by atoms with Crippen LogP contribution in [0.1, 0.15) is 40.3 Å². The predicted molar refractivity (Wildman–Crippen MR) is 107 cm³/mol. The van der Waals surface area contributed by atoms with Crippen molar-refractivity contribution in [3.05, 3.63) is 64.2 Å². The Balaban J connectivity index is 1.59. The van der Waals surface area contributed by atoms with Crippen LogP contribution in [0.5, 0.6) is 5.75 Å². The first kappa shape index (κ1) is 20.3. The molecular weight excluding hydrogens is 372 g/mol. The molecule has 6 nitrogen and oxygen atoms in total. The van der Waals surface area contributed by atoms with Crippen molar-refractivity contribution >= 4 is 0 Å². The molecule has 4 rings (SSSR count). The van der Waals surface area contributed by atoms with E-state index in [0.29, 0.717) is 0 Å². The van der Waals surface area contributed by atoms with Crippen LogP contribution in [0, 0.1) is 6.92 Å². The summed E-state index contributed by atoms with van der Waals surface area (Å²) in [6.45, 7) is 2.83. The van der Waals surface area contributed by atoms with Crippen molar-refractivity contribution < 1.29 is 29.5 Å². The molecule has 5 atom stereocenters. The Morgan fingerprint density at radius 2 is 1.86 bits per heavy atom. The van der Waals surface area contributed by atoms with Crippen molar-refractivity contribution in [1.29, 1.82) is 0 Å². The number of aliphatic hydroxyl groups is 3. The minimum Gasteiger partial charge on any atom is -0.493 e. The molecule has 2 aromatic carbocycles. The van der Waals surface area contributed by atoms with Crippen molar-refractivity contribution in [2.75, 3.05) is 13.7 Å². The highest BCUT2D eigenvalue weighted by Gasteiger charge is 2.44. The van der Waals surface area contributed by atoms with Crippen molar-refractivity contribution in [1.82, 2.24) is 0 Å². The number of ether oxygens (including phenoxy) is 3. The summed E-state index contributed by atoms with van der Waals surface area (Å²) in [7, 11) is 1.40. The number of aryl methyl sites for hydroxylation is 2. The van der Waals surface area contributed by atoms with Crippen molar-refractivity contribution in [2.24, 2.45) is 0 Å². The second-order valence-electron chi connectivity index (χ2n) is 7.89. The maximum absolute atomic E-state index is 10.5. The molecule has 0 aromatic heterocycles. The van der Waals surface area contributed by atoms with Crippen LogP contribution in [0.2, 0.25) is 0 Å². The molecule has 1 fully saturated rings. The van der Waals surface area contributed by atoms with Gasteiger partial charge in [0.25, 0.3) is 0 Å². The zero-order valence-electron chi connectivity index (χ0n) is 16.7. The molecule has 0 spiro atoms. The molecule has 3 N–H and O–H groups in total. The quantitative estimate of drug-likeness (QED) is 0.728. The Bertz CT molecular complexity index is 864. The smallest absolute Gasteiger partial charge is 0.186 e. The Hall–Kier alpha value is -1.96. The lowest BCUT2D eigenvalue weighted by atomic mass is 9.90. The molecule has 1 saturated heterocycles. The molecule has 0 radical (unpaired) electrons. The first-order chi connectivity index (χ1) is 14.0. The monoisotopic (exact) mass is 400 g/mol. The van der Waals surface area contributed by atoms with Crippen molar-refractivity contribution in [3.63, 3.8) is 0 Å². The van der Waals surface area contributed by atoms with Gasteiger partial charge >= 0.3 is 0 Å². The molecule has 0 aliphatic carbocycles. The Labute approximate surface area is 170 Å². The largest absolute Gasteiger partial charge is 0.493 e. The fourth-order valence-corrected chi connectivity index (χ4v) is 4.12. The molecular formula is C23H28O6. The number of hydrogen-bond acceptors (Lipinski definition) is 6. The number of methoxy groups -OCH3 is 1. The zero-order chi connectivity index (χ0) is 20.5. The van der Waals surface area contributed by atoms with Crippen LogP contribution in [0.3, 0.4) is 0 Å². The molecule has 0 saturated carbocycles. The standard InChI is InChI=1S/C23H28O6/c1-13-5-7-16(22-20(25)19(24)21(26)23(27-2)29-22)12-17(13)11-14-6-8-18-15(10-14)4-3-9-28-18/h5-8,10,12,19-26H,3-4,9,11H2,1-2H3/t19-,20-,21+,22+,23+/m1/s1. The van der Waals surface area contributed by atoms with Gasteiger partial charge in [-0.1, -0.05) is 30.3 Å². The summed E-state index contributed by atoms with van der Waals surface area (Å²) < 4.78 is 16.6. The van der Waals surface area contributed by atoms with E-state index in [2.05, 4.69) is 19.1 Å².